The maximum absolute atomic E-state index is 7.12. The maximum Gasteiger partial charge on any atom is 0.132 e. The van der Waals surface area contributed by atoms with Gasteiger partial charge in [0, 0.05) is 22.2 Å². The molecule has 3 aromatic carbocycles. The molecule has 0 fully saturated rings. The van der Waals surface area contributed by atoms with Gasteiger partial charge in [-0.3, -0.25) is 0 Å². The normalized spacial score (nSPS) is 20.7. The highest BCUT2D eigenvalue weighted by molar-refractivity contribution is 7.80. The number of fused-ring (bicyclic) bond motifs is 2. The van der Waals surface area contributed by atoms with Gasteiger partial charge in [0.2, 0.25) is 0 Å². The van der Waals surface area contributed by atoms with E-state index in [0.29, 0.717) is 0 Å². The molecule has 3 aromatic rings. The van der Waals surface area contributed by atoms with E-state index in [-0.39, 0.29) is 28.3 Å². The topological polar surface area (TPSA) is 9.23 Å². The molecule has 0 spiro atoms. The summed E-state index contributed by atoms with van der Waals surface area (Å²) in [4.78, 5) is 0. The first-order chi connectivity index (χ1) is 17.8. The summed E-state index contributed by atoms with van der Waals surface area (Å²) in [5.74, 6) is 1.31. The summed E-state index contributed by atoms with van der Waals surface area (Å²) in [6.07, 6.45) is 4.74. The molecule has 0 saturated carbocycles. The van der Waals surface area contributed by atoms with E-state index < -0.39 is 7.92 Å². The standard InChI is InChI=1S/C35H40OPSi/c1-33(2,3)23-19-27-31(36-32-28(35(27,7)8)20-24(22-30(32)38)34(4,5)6)29(21-23)37(25-15-11-9-12-16-25)26-17-13-10-14-18-26/h9-22,28,32H,1-8H3. The van der Waals surface area contributed by atoms with E-state index in [9.17, 15) is 0 Å². The van der Waals surface area contributed by atoms with Gasteiger partial charge in [-0.25, -0.2) is 0 Å². The molecule has 0 bridgehead atoms. The zero-order valence-corrected chi connectivity index (χ0v) is 26.0. The van der Waals surface area contributed by atoms with Crippen molar-refractivity contribution in [2.75, 3.05) is 0 Å². The van der Waals surface area contributed by atoms with Crippen molar-refractivity contribution < 1.29 is 4.74 Å². The van der Waals surface area contributed by atoms with Gasteiger partial charge in [0.15, 0.2) is 0 Å². The SMILES string of the molecule is CC(C)(C)C1=CC2C(Oc3c(P(c4ccccc4)c4ccccc4)cc(C(C)(C)C)cc3C2(C)C)C([Si])=C1. The second-order valence-corrected chi connectivity index (χ2v) is 16.1. The van der Waals surface area contributed by atoms with Crippen molar-refractivity contribution in [1.29, 1.82) is 0 Å². The van der Waals surface area contributed by atoms with Crippen molar-refractivity contribution in [3.05, 3.63) is 107 Å². The highest BCUT2D eigenvalue weighted by Gasteiger charge is 2.47. The maximum atomic E-state index is 7.12. The third kappa shape index (κ3) is 4.87. The molecule has 2 aliphatic rings. The summed E-state index contributed by atoms with van der Waals surface area (Å²) in [6.45, 7) is 18.7. The molecule has 3 radical (unpaired) electrons. The second kappa shape index (κ2) is 9.65. The lowest BCUT2D eigenvalue weighted by Crippen LogP contribution is -2.48. The van der Waals surface area contributed by atoms with Crippen molar-refractivity contribution in [3.8, 4) is 5.75 Å². The van der Waals surface area contributed by atoms with Crippen LogP contribution in [0.25, 0.3) is 0 Å². The van der Waals surface area contributed by atoms with Crippen LogP contribution >= 0.6 is 7.92 Å². The van der Waals surface area contributed by atoms with Crippen molar-refractivity contribution in [3.63, 3.8) is 0 Å². The summed E-state index contributed by atoms with van der Waals surface area (Å²) in [5, 5.41) is 5.14. The molecule has 5 rings (SSSR count). The fraction of sp³-hybridized carbons (Fsp3) is 0.371. The fourth-order valence-corrected chi connectivity index (χ4v) is 8.50. The van der Waals surface area contributed by atoms with Gasteiger partial charge in [-0.05, 0) is 51.8 Å². The van der Waals surface area contributed by atoms with Gasteiger partial charge in [-0.1, -0.05) is 134 Å². The molecule has 0 aromatic heterocycles. The lowest BCUT2D eigenvalue weighted by molar-refractivity contribution is 0.118. The number of hydrogen-bond donors (Lipinski definition) is 0. The summed E-state index contributed by atoms with van der Waals surface area (Å²) < 4.78 is 7.12. The van der Waals surface area contributed by atoms with Gasteiger partial charge in [0.25, 0.3) is 0 Å². The molecule has 1 heterocycles. The minimum atomic E-state index is -0.807. The number of ether oxygens (including phenoxy) is 1. The molecule has 2 unspecified atom stereocenters. The van der Waals surface area contributed by atoms with Crippen LogP contribution in [0.5, 0.6) is 5.75 Å². The molecule has 0 N–H and O–H groups in total. The van der Waals surface area contributed by atoms with Crippen LogP contribution < -0.4 is 20.7 Å². The molecular formula is C35H40OPSi. The van der Waals surface area contributed by atoms with Crippen molar-refractivity contribution >= 4 is 34.1 Å². The molecule has 2 atom stereocenters. The minimum absolute atomic E-state index is 0.0181. The Morgan fingerprint density at radius 1 is 0.789 bits per heavy atom. The van der Waals surface area contributed by atoms with Gasteiger partial charge in [0.05, 0.1) is 10.2 Å². The molecule has 1 aliphatic heterocycles. The first kappa shape index (κ1) is 27.2. The third-order valence-electron chi connectivity index (χ3n) is 8.15. The highest BCUT2D eigenvalue weighted by atomic mass is 31.1. The molecule has 195 valence electrons. The molecule has 38 heavy (non-hydrogen) atoms. The highest BCUT2D eigenvalue weighted by Crippen LogP contribution is 2.52. The lowest BCUT2D eigenvalue weighted by atomic mass is 9.64. The zero-order valence-electron chi connectivity index (χ0n) is 24.1. The van der Waals surface area contributed by atoms with Crippen LogP contribution in [0.3, 0.4) is 0 Å². The second-order valence-electron chi connectivity index (χ2n) is 13.4. The Bertz CT molecular complexity index is 1350. The first-order valence-electron chi connectivity index (χ1n) is 13.7. The number of benzene rings is 3. The predicted molar refractivity (Wildman–Crippen MR) is 166 cm³/mol. The fourth-order valence-electron chi connectivity index (χ4n) is 5.67. The van der Waals surface area contributed by atoms with Crippen molar-refractivity contribution in [1.82, 2.24) is 0 Å². The van der Waals surface area contributed by atoms with Crippen LogP contribution in [-0.4, -0.2) is 16.3 Å². The van der Waals surface area contributed by atoms with Crippen molar-refractivity contribution in [2.24, 2.45) is 11.3 Å². The van der Waals surface area contributed by atoms with Crippen LogP contribution in [0.2, 0.25) is 0 Å². The Hall–Kier alpha value is -2.41. The van der Waals surface area contributed by atoms with Crippen LogP contribution in [0.1, 0.15) is 66.5 Å². The first-order valence-corrected chi connectivity index (χ1v) is 15.5. The molecule has 0 saturated heterocycles. The van der Waals surface area contributed by atoms with Crippen LogP contribution in [0, 0.1) is 11.3 Å². The van der Waals surface area contributed by atoms with E-state index in [4.69, 9.17) is 4.74 Å². The van der Waals surface area contributed by atoms with E-state index in [0.717, 1.165) is 10.9 Å². The Kier molecular flexibility index (Phi) is 6.90. The van der Waals surface area contributed by atoms with Crippen LogP contribution in [-0.2, 0) is 10.8 Å². The summed E-state index contributed by atoms with van der Waals surface area (Å²) in [5.41, 5.74) is 4.05. The summed E-state index contributed by atoms with van der Waals surface area (Å²) >= 11 is 0. The molecular weight excluding hydrogens is 495 g/mol. The number of rotatable bonds is 3. The average molecular weight is 536 g/mol. The molecule has 1 aliphatic carbocycles. The molecule has 3 heteroatoms. The van der Waals surface area contributed by atoms with E-state index in [1.807, 2.05) is 0 Å². The summed E-state index contributed by atoms with van der Waals surface area (Å²) in [6, 6.07) is 26.8. The monoisotopic (exact) mass is 535 g/mol. The van der Waals surface area contributed by atoms with Crippen molar-refractivity contribution in [2.45, 2.75) is 72.3 Å². The summed E-state index contributed by atoms with van der Waals surface area (Å²) in [7, 11) is 3.22. The lowest BCUT2D eigenvalue weighted by Gasteiger charge is -2.48. The van der Waals surface area contributed by atoms with E-state index in [1.54, 1.807) is 0 Å². The largest absolute Gasteiger partial charge is 0.485 e. The van der Waals surface area contributed by atoms with Gasteiger partial charge >= 0.3 is 0 Å². The molecule has 1 nitrogen and oxygen atoms in total. The van der Waals surface area contributed by atoms with Gasteiger partial charge in [-0.15, -0.1) is 0 Å². The third-order valence-corrected chi connectivity index (χ3v) is 11.0. The van der Waals surface area contributed by atoms with Gasteiger partial charge in [-0.2, -0.15) is 0 Å². The van der Waals surface area contributed by atoms with E-state index >= 15 is 0 Å². The Balaban J connectivity index is 1.80. The Morgan fingerprint density at radius 3 is 1.84 bits per heavy atom. The van der Waals surface area contributed by atoms with Crippen LogP contribution in [0.4, 0.5) is 0 Å². The van der Waals surface area contributed by atoms with E-state index in [2.05, 4.69) is 151 Å². The zero-order chi connectivity index (χ0) is 27.5. The van der Waals surface area contributed by atoms with Gasteiger partial charge < -0.3 is 4.74 Å². The van der Waals surface area contributed by atoms with Crippen LogP contribution in [0.15, 0.2) is 95.7 Å². The smallest absolute Gasteiger partial charge is 0.132 e. The quantitative estimate of drug-likeness (QED) is 0.250. The number of hydrogen-bond acceptors (Lipinski definition) is 1. The predicted octanol–water partition coefficient (Wildman–Crippen LogP) is 7.44. The minimum Gasteiger partial charge on any atom is -0.485 e. The number of allylic oxidation sites excluding steroid dienone is 2. The van der Waals surface area contributed by atoms with E-state index in [1.165, 1.54) is 32.6 Å². The average Bonchev–Trinajstić information content (AvgIpc) is 2.85. The Labute approximate surface area is 234 Å². The van der Waals surface area contributed by atoms with Gasteiger partial charge in [0.1, 0.15) is 11.9 Å². The molecule has 0 amide bonds. The Morgan fingerprint density at radius 2 is 1.34 bits per heavy atom.